The van der Waals surface area contributed by atoms with E-state index in [4.69, 9.17) is 27.6 Å². The number of benzene rings is 1. The first-order valence-electron chi connectivity index (χ1n) is 6.76. The maximum Gasteiger partial charge on any atom is 0.406 e. The summed E-state index contributed by atoms with van der Waals surface area (Å²) in [5.74, 6) is -0.537. The maximum absolute atomic E-state index is 12.7. The van der Waals surface area contributed by atoms with E-state index in [1.165, 1.54) is 36.6 Å². The molecule has 0 spiro atoms. The van der Waals surface area contributed by atoms with Crippen molar-refractivity contribution in [1.29, 1.82) is 0 Å². The van der Waals surface area contributed by atoms with E-state index in [1.807, 2.05) is 0 Å². The number of carbonyl (C=O) groups is 1. The molecule has 128 valence electrons. The van der Waals surface area contributed by atoms with Crippen LogP contribution in [0.4, 0.5) is 13.2 Å². The fourth-order valence-electron chi connectivity index (χ4n) is 1.91. The van der Waals surface area contributed by atoms with E-state index in [1.54, 1.807) is 6.07 Å². The van der Waals surface area contributed by atoms with Crippen molar-refractivity contribution in [2.45, 2.75) is 12.7 Å². The van der Waals surface area contributed by atoms with Crippen molar-refractivity contribution in [3.05, 3.63) is 64.0 Å². The molecule has 1 heterocycles. The molecule has 1 aromatic carbocycles. The van der Waals surface area contributed by atoms with Gasteiger partial charge in [-0.05, 0) is 35.9 Å². The normalized spacial score (nSPS) is 11.9. The molecule has 2 aromatic rings. The number of alkyl halides is 3. The van der Waals surface area contributed by atoms with Crippen molar-refractivity contribution in [2.24, 2.45) is 0 Å². The lowest BCUT2D eigenvalue weighted by atomic mass is 10.2. The summed E-state index contributed by atoms with van der Waals surface area (Å²) in [6.07, 6.45) is -0.763. The van der Waals surface area contributed by atoms with E-state index in [2.05, 4.69) is 0 Å². The minimum Gasteiger partial charge on any atom is -0.467 e. The largest absolute Gasteiger partial charge is 0.467 e. The first-order chi connectivity index (χ1) is 11.2. The third kappa shape index (κ3) is 5.62. The molecule has 8 heteroatoms. The number of nitrogens with zero attached hydrogens (tertiary/aromatic N) is 1. The second-order valence-corrected chi connectivity index (χ2v) is 5.71. The predicted molar refractivity (Wildman–Crippen MR) is 85.7 cm³/mol. The second-order valence-electron chi connectivity index (χ2n) is 4.90. The molecule has 0 aliphatic rings. The SMILES string of the molecule is O=C(/C=C/c1ccc(Cl)c(Cl)c1)N(Cc1ccco1)CC(F)(F)F. The Hall–Kier alpha value is -1.92. The van der Waals surface area contributed by atoms with Crippen LogP contribution in [0.2, 0.25) is 10.0 Å². The quantitative estimate of drug-likeness (QED) is 0.671. The molecule has 0 bridgehead atoms. The van der Waals surface area contributed by atoms with E-state index in [0.717, 1.165) is 6.08 Å². The highest BCUT2D eigenvalue weighted by atomic mass is 35.5. The topological polar surface area (TPSA) is 33.5 Å². The molecule has 0 unspecified atom stereocenters. The van der Waals surface area contributed by atoms with Crippen LogP contribution in [-0.2, 0) is 11.3 Å². The molecule has 24 heavy (non-hydrogen) atoms. The molecule has 0 N–H and O–H groups in total. The average Bonchev–Trinajstić information content (AvgIpc) is 2.99. The number of carbonyl (C=O) groups excluding carboxylic acids is 1. The number of hydrogen-bond donors (Lipinski definition) is 0. The minimum absolute atomic E-state index is 0.260. The van der Waals surface area contributed by atoms with Crippen molar-refractivity contribution in [1.82, 2.24) is 4.90 Å². The minimum atomic E-state index is -4.51. The second kappa shape index (κ2) is 7.77. The highest BCUT2D eigenvalue weighted by Crippen LogP contribution is 2.23. The van der Waals surface area contributed by atoms with E-state index in [-0.39, 0.29) is 17.3 Å². The molecule has 0 radical (unpaired) electrons. The Kier molecular flexibility index (Phi) is 5.96. The van der Waals surface area contributed by atoms with E-state index < -0.39 is 18.6 Å². The van der Waals surface area contributed by atoms with Gasteiger partial charge in [0.05, 0.1) is 22.9 Å². The molecule has 0 aliphatic heterocycles. The summed E-state index contributed by atoms with van der Waals surface area (Å²) in [6.45, 7) is -1.66. The first kappa shape index (κ1) is 18.4. The number of furan rings is 1. The zero-order valence-electron chi connectivity index (χ0n) is 12.2. The van der Waals surface area contributed by atoms with Crippen LogP contribution in [0.25, 0.3) is 6.08 Å². The zero-order chi connectivity index (χ0) is 17.7. The van der Waals surface area contributed by atoms with Gasteiger partial charge in [0.25, 0.3) is 0 Å². The van der Waals surface area contributed by atoms with Crippen LogP contribution < -0.4 is 0 Å². The third-order valence-corrected chi connectivity index (χ3v) is 3.71. The molecule has 0 fully saturated rings. The van der Waals surface area contributed by atoms with Gasteiger partial charge in [0.15, 0.2) is 0 Å². The highest BCUT2D eigenvalue weighted by Gasteiger charge is 2.32. The van der Waals surface area contributed by atoms with Crippen molar-refractivity contribution < 1.29 is 22.4 Å². The molecule has 0 saturated heterocycles. The van der Waals surface area contributed by atoms with Gasteiger partial charge in [0, 0.05) is 6.08 Å². The summed E-state index contributed by atoms with van der Waals surface area (Å²) in [6, 6.07) is 7.67. The lowest BCUT2D eigenvalue weighted by Gasteiger charge is -2.21. The van der Waals surface area contributed by atoms with Crippen molar-refractivity contribution in [2.75, 3.05) is 6.54 Å². The predicted octanol–water partition coefficient (Wildman–Crippen LogP) is 5.19. The Bertz CT molecular complexity index is 727. The summed E-state index contributed by atoms with van der Waals surface area (Å²) in [4.78, 5) is 12.8. The molecule has 1 amide bonds. The van der Waals surface area contributed by atoms with Gasteiger partial charge in [0.2, 0.25) is 5.91 Å². The van der Waals surface area contributed by atoms with Crippen LogP contribution >= 0.6 is 23.2 Å². The Morgan fingerprint density at radius 3 is 2.54 bits per heavy atom. The Labute approximate surface area is 146 Å². The van der Waals surface area contributed by atoms with Crippen LogP contribution in [0.1, 0.15) is 11.3 Å². The smallest absolute Gasteiger partial charge is 0.406 e. The van der Waals surface area contributed by atoms with Gasteiger partial charge in [-0.15, -0.1) is 0 Å². The van der Waals surface area contributed by atoms with E-state index >= 15 is 0 Å². The lowest BCUT2D eigenvalue weighted by Crippen LogP contribution is -2.37. The molecule has 3 nitrogen and oxygen atoms in total. The zero-order valence-corrected chi connectivity index (χ0v) is 13.7. The fraction of sp³-hybridized carbons (Fsp3) is 0.188. The standard InChI is InChI=1S/C16H12Cl2F3NO2/c17-13-5-3-11(8-14(13)18)4-6-15(23)22(10-16(19,20)21)9-12-2-1-7-24-12/h1-8H,9-10H2/b6-4+. The Morgan fingerprint density at radius 2 is 1.96 bits per heavy atom. The van der Waals surface area contributed by atoms with Crippen LogP contribution in [0.15, 0.2) is 47.1 Å². The third-order valence-electron chi connectivity index (χ3n) is 2.97. The number of rotatable bonds is 5. The highest BCUT2D eigenvalue weighted by molar-refractivity contribution is 6.42. The van der Waals surface area contributed by atoms with Crippen LogP contribution in [0.5, 0.6) is 0 Å². The molecule has 0 saturated carbocycles. The van der Waals surface area contributed by atoms with Crippen molar-refractivity contribution in [3.8, 4) is 0 Å². The lowest BCUT2D eigenvalue weighted by molar-refractivity contribution is -0.159. The number of hydrogen-bond acceptors (Lipinski definition) is 2. The Balaban J connectivity index is 2.13. The van der Waals surface area contributed by atoms with Gasteiger partial charge in [-0.2, -0.15) is 13.2 Å². The van der Waals surface area contributed by atoms with E-state index in [0.29, 0.717) is 15.5 Å². The van der Waals surface area contributed by atoms with E-state index in [9.17, 15) is 18.0 Å². The Morgan fingerprint density at radius 1 is 1.21 bits per heavy atom. The summed E-state index contributed by atoms with van der Waals surface area (Å²) in [5.41, 5.74) is 0.544. The number of halogens is 5. The maximum atomic E-state index is 12.7. The molecule has 0 aliphatic carbocycles. The van der Waals surface area contributed by atoms with Crippen LogP contribution in [0, 0.1) is 0 Å². The van der Waals surface area contributed by atoms with Gasteiger partial charge >= 0.3 is 6.18 Å². The monoisotopic (exact) mass is 377 g/mol. The van der Waals surface area contributed by atoms with Gasteiger partial charge in [0.1, 0.15) is 12.3 Å². The fourth-order valence-corrected chi connectivity index (χ4v) is 2.21. The van der Waals surface area contributed by atoms with Crippen LogP contribution in [0.3, 0.4) is 0 Å². The number of amides is 1. The summed E-state index contributed by atoms with van der Waals surface area (Å²) in [5, 5.41) is 0.630. The molecule has 2 rings (SSSR count). The van der Waals surface area contributed by atoms with Gasteiger partial charge in [-0.1, -0.05) is 29.3 Å². The van der Waals surface area contributed by atoms with Crippen LogP contribution in [-0.4, -0.2) is 23.5 Å². The average molecular weight is 378 g/mol. The molecule has 1 aromatic heterocycles. The molecular weight excluding hydrogens is 366 g/mol. The van der Waals surface area contributed by atoms with Gasteiger partial charge < -0.3 is 9.32 Å². The summed E-state index contributed by atoms with van der Waals surface area (Å²) >= 11 is 11.6. The van der Waals surface area contributed by atoms with Crippen molar-refractivity contribution in [3.63, 3.8) is 0 Å². The van der Waals surface area contributed by atoms with Gasteiger partial charge in [-0.3, -0.25) is 4.79 Å². The molecule has 0 atom stereocenters. The molecular formula is C16H12Cl2F3NO2. The first-order valence-corrected chi connectivity index (χ1v) is 7.51. The van der Waals surface area contributed by atoms with Crippen molar-refractivity contribution >= 4 is 35.2 Å². The summed E-state index contributed by atoms with van der Waals surface area (Å²) in [7, 11) is 0. The van der Waals surface area contributed by atoms with Gasteiger partial charge in [-0.25, -0.2) is 0 Å². The summed E-state index contributed by atoms with van der Waals surface area (Å²) < 4.78 is 43.0.